The lowest BCUT2D eigenvalue weighted by atomic mass is 9.84. The van der Waals surface area contributed by atoms with Crippen LogP contribution in [-0.4, -0.2) is 42.1 Å². The summed E-state index contributed by atoms with van der Waals surface area (Å²) in [5.41, 5.74) is 1.21. The van der Waals surface area contributed by atoms with Gasteiger partial charge in [-0.3, -0.25) is 0 Å². The maximum absolute atomic E-state index is 13.4. The SMILES string of the molecule is CC1(C)CCCN(c2ncnc3cc(N4CCC(F)(F)CC4)sc23)C1. The Balaban J connectivity index is 1.63. The Kier molecular flexibility index (Phi) is 4.09. The van der Waals surface area contributed by atoms with E-state index in [4.69, 9.17) is 0 Å². The molecule has 0 radical (unpaired) electrons. The predicted molar refractivity (Wildman–Crippen MR) is 99.0 cm³/mol. The minimum atomic E-state index is -2.52. The first-order valence-corrected chi connectivity index (χ1v) is 9.77. The molecule has 0 unspecified atom stereocenters. The molecule has 4 rings (SSSR count). The second-order valence-electron chi connectivity index (χ2n) is 8.03. The van der Waals surface area contributed by atoms with Gasteiger partial charge in [0.25, 0.3) is 5.92 Å². The van der Waals surface area contributed by atoms with E-state index in [9.17, 15) is 8.78 Å². The van der Waals surface area contributed by atoms with Crippen LogP contribution in [0, 0.1) is 5.41 Å². The van der Waals surface area contributed by atoms with E-state index in [0.717, 1.165) is 40.5 Å². The van der Waals surface area contributed by atoms with Gasteiger partial charge in [-0.2, -0.15) is 0 Å². The molecule has 2 saturated heterocycles. The Morgan fingerprint density at radius 1 is 1.04 bits per heavy atom. The molecule has 7 heteroatoms. The summed E-state index contributed by atoms with van der Waals surface area (Å²) < 4.78 is 27.9. The second kappa shape index (κ2) is 6.04. The molecule has 2 aromatic rings. The van der Waals surface area contributed by atoms with Gasteiger partial charge >= 0.3 is 0 Å². The van der Waals surface area contributed by atoms with Crippen molar-refractivity contribution in [2.24, 2.45) is 5.41 Å². The number of alkyl halides is 2. The summed E-state index contributed by atoms with van der Waals surface area (Å²) in [4.78, 5) is 13.4. The van der Waals surface area contributed by atoms with Crippen LogP contribution >= 0.6 is 11.3 Å². The van der Waals surface area contributed by atoms with Crippen LogP contribution < -0.4 is 9.80 Å². The van der Waals surface area contributed by atoms with Crippen LogP contribution in [0.15, 0.2) is 12.4 Å². The summed E-state index contributed by atoms with van der Waals surface area (Å²) in [6, 6.07) is 2.03. The minimum Gasteiger partial charge on any atom is -0.363 e. The Hall–Kier alpha value is -1.50. The number of nitrogens with zero attached hydrogens (tertiary/aromatic N) is 4. The van der Waals surface area contributed by atoms with Gasteiger partial charge in [0, 0.05) is 39.0 Å². The highest BCUT2D eigenvalue weighted by Crippen LogP contribution is 2.40. The molecule has 2 fully saturated rings. The smallest absolute Gasteiger partial charge is 0.251 e. The molecular weight excluding hydrogens is 342 g/mol. The van der Waals surface area contributed by atoms with Gasteiger partial charge in [0.05, 0.1) is 15.2 Å². The van der Waals surface area contributed by atoms with Gasteiger partial charge < -0.3 is 9.80 Å². The monoisotopic (exact) mass is 366 g/mol. The number of fused-ring (bicyclic) bond motifs is 1. The molecule has 0 aliphatic carbocycles. The zero-order valence-electron chi connectivity index (χ0n) is 14.8. The molecule has 2 aliphatic rings. The molecule has 4 nitrogen and oxygen atoms in total. The van der Waals surface area contributed by atoms with Crippen LogP contribution in [0.2, 0.25) is 0 Å². The lowest BCUT2D eigenvalue weighted by Crippen LogP contribution is -2.40. The quantitative estimate of drug-likeness (QED) is 0.780. The third-order valence-electron chi connectivity index (χ3n) is 5.29. The highest BCUT2D eigenvalue weighted by atomic mass is 32.1. The number of thiophene rings is 1. The average Bonchev–Trinajstić information content (AvgIpc) is 2.97. The summed E-state index contributed by atoms with van der Waals surface area (Å²) >= 11 is 1.64. The van der Waals surface area contributed by atoms with Crippen molar-refractivity contribution < 1.29 is 8.78 Å². The van der Waals surface area contributed by atoms with Crippen LogP contribution in [0.4, 0.5) is 19.6 Å². The Bertz CT molecular complexity index is 764. The Labute approximate surface area is 150 Å². The predicted octanol–water partition coefficient (Wildman–Crippen LogP) is 4.55. The van der Waals surface area contributed by atoms with E-state index in [-0.39, 0.29) is 18.3 Å². The van der Waals surface area contributed by atoms with Crippen molar-refractivity contribution >= 4 is 32.4 Å². The lowest BCUT2D eigenvalue weighted by Gasteiger charge is -2.38. The van der Waals surface area contributed by atoms with Crippen LogP contribution in [0.25, 0.3) is 10.2 Å². The first kappa shape index (κ1) is 16.9. The largest absolute Gasteiger partial charge is 0.363 e. The van der Waals surface area contributed by atoms with Crippen molar-refractivity contribution in [1.29, 1.82) is 0 Å². The number of hydrogen-bond acceptors (Lipinski definition) is 5. The fourth-order valence-corrected chi connectivity index (χ4v) is 5.05. The topological polar surface area (TPSA) is 32.3 Å². The molecule has 4 heterocycles. The van der Waals surface area contributed by atoms with E-state index in [0.29, 0.717) is 13.1 Å². The molecule has 0 atom stereocenters. The van der Waals surface area contributed by atoms with Gasteiger partial charge in [0.2, 0.25) is 0 Å². The van der Waals surface area contributed by atoms with Crippen molar-refractivity contribution in [2.75, 3.05) is 36.0 Å². The van der Waals surface area contributed by atoms with Crippen molar-refractivity contribution in [3.63, 3.8) is 0 Å². The molecular formula is C18H24F2N4S. The molecule has 2 aromatic heterocycles. The molecule has 0 saturated carbocycles. The molecule has 25 heavy (non-hydrogen) atoms. The van der Waals surface area contributed by atoms with E-state index >= 15 is 0 Å². The normalized spacial score (nSPS) is 23.2. The van der Waals surface area contributed by atoms with Crippen LogP contribution in [0.5, 0.6) is 0 Å². The Morgan fingerprint density at radius 3 is 2.52 bits per heavy atom. The second-order valence-corrected chi connectivity index (χ2v) is 9.06. The van der Waals surface area contributed by atoms with Crippen molar-refractivity contribution in [1.82, 2.24) is 9.97 Å². The summed E-state index contributed by atoms with van der Waals surface area (Å²) in [5.74, 6) is -1.52. The van der Waals surface area contributed by atoms with Crippen LogP contribution in [0.1, 0.15) is 39.5 Å². The van der Waals surface area contributed by atoms with Crippen molar-refractivity contribution in [3.8, 4) is 0 Å². The average molecular weight is 366 g/mol. The van der Waals surface area contributed by atoms with E-state index in [1.165, 1.54) is 6.42 Å². The number of halogens is 2. The molecule has 136 valence electrons. The van der Waals surface area contributed by atoms with E-state index < -0.39 is 5.92 Å². The zero-order chi connectivity index (χ0) is 17.7. The van der Waals surface area contributed by atoms with Gasteiger partial charge in [-0.15, -0.1) is 11.3 Å². The molecule has 0 spiro atoms. The first-order chi connectivity index (χ1) is 11.8. The number of aromatic nitrogens is 2. The van der Waals surface area contributed by atoms with Gasteiger partial charge in [0.1, 0.15) is 12.1 Å². The number of anilines is 2. The highest BCUT2D eigenvalue weighted by Gasteiger charge is 2.35. The maximum Gasteiger partial charge on any atom is 0.251 e. The van der Waals surface area contributed by atoms with E-state index in [1.54, 1.807) is 17.7 Å². The lowest BCUT2D eigenvalue weighted by molar-refractivity contribution is -0.0219. The Morgan fingerprint density at radius 2 is 1.80 bits per heavy atom. The van der Waals surface area contributed by atoms with Gasteiger partial charge in [-0.05, 0) is 24.3 Å². The molecule has 0 amide bonds. The zero-order valence-corrected chi connectivity index (χ0v) is 15.6. The van der Waals surface area contributed by atoms with E-state index in [1.807, 2.05) is 6.07 Å². The maximum atomic E-state index is 13.4. The number of rotatable bonds is 2. The summed E-state index contributed by atoms with van der Waals surface area (Å²) in [6.07, 6.45) is 3.88. The molecule has 0 aromatic carbocycles. The summed E-state index contributed by atoms with van der Waals surface area (Å²) in [6.45, 7) is 7.40. The first-order valence-electron chi connectivity index (χ1n) is 8.95. The third kappa shape index (κ3) is 3.43. The third-order valence-corrected chi connectivity index (χ3v) is 6.47. The summed E-state index contributed by atoms with van der Waals surface area (Å²) in [7, 11) is 0. The number of hydrogen-bond donors (Lipinski definition) is 0. The molecule has 0 bridgehead atoms. The van der Waals surface area contributed by atoms with Crippen LogP contribution in [-0.2, 0) is 0 Å². The van der Waals surface area contributed by atoms with Gasteiger partial charge in [-0.1, -0.05) is 13.8 Å². The van der Waals surface area contributed by atoms with Crippen molar-refractivity contribution in [3.05, 3.63) is 12.4 Å². The van der Waals surface area contributed by atoms with Gasteiger partial charge in [0.15, 0.2) is 0 Å². The fourth-order valence-electron chi connectivity index (χ4n) is 3.87. The highest BCUT2D eigenvalue weighted by molar-refractivity contribution is 7.23. The van der Waals surface area contributed by atoms with Crippen molar-refractivity contribution in [2.45, 2.75) is 45.5 Å². The van der Waals surface area contributed by atoms with Gasteiger partial charge in [-0.25, -0.2) is 18.7 Å². The number of piperidine rings is 2. The minimum absolute atomic E-state index is 0.0693. The van der Waals surface area contributed by atoms with E-state index in [2.05, 4.69) is 33.6 Å². The molecule has 0 N–H and O–H groups in total. The molecule has 2 aliphatic heterocycles. The summed E-state index contributed by atoms with van der Waals surface area (Å²) in [5, 5.41) is 1.03. The fraction of sp³-hybridized carbons (Fsp3) is 0.667. The standard InChI is InChI=1S/C18H24F2N4S/c1-17(2)4-3-7-24(11-17)16-15-13(21-12-22-16)10-14(25-15)23-8-5-18(19,20)6-9-23/h10,12H,3-9,11H2,1-2H3. The van der Waals surface area contributed by atoms with Crippen LogP contribution in [0.3, 0.4) is 0 Å².